The van der Waals surface area contributed by atoms with Crippen molar-refractivity contribution in [3.05, 3.63) is 35.3 Å². The van der Waals surface area contributed by atoms with E-state index in [2.05, 4.69) is 25.2 Å². The van der Waals surface area contributed by atoms with Crippen molar-refractivity contribution in [2.45, 2.75) is 38.3 Å². The number of amides is 1. The number of aromatic nitrogens is 4. The Bertz CT molecular complexity index is 783. The van der Waals surface area contributed by atoms with Gasteiger partial charge in [-0.05, 0) is 19.3 Å². The van der Waals surface area contributed by atoms with Gasteiger partial charge in [-0.2, -0.15) is 0 Å². The largest absolute Gasteiger partial charge is 0.383 e. The maximum Gasteiger partial charge on any atom is 0.270 e. The van der Waals surface area contributed by atoms with Crippen molar-refractivity contribution in [2.75, 3.05) is 25.6 Å². The first-order valence-corrected chi connectivity index (χ1v) is 8.67. The van der Waals surface area contributed by atoms with E-state index >= 15 is 0 Å². The van der Waals surface area contributed by atoms with Gasteiger partial charge in [-0.3, -0.25) is 4.79 Å². The Labute approximate surface area is 146 Å². The maximum atomic E-state index is 12.2. The van der Waals surface area contributed by atoms with Gasteiger partial charge >= 0.3 is 0 Å². The van der Waals surface area contributed by atoms with Crippen LogP contribution in [0.15, 0.2) is 12.5 Å². The average molecular weight is 342 g/mol. The molecule has 2 aromatic rings. The molecule has 0 bridgehead atoms. The summed E-state index contributed by atoms with van der Waals surface area (Å²) in [7, 11) is 1.69. The molecule has 3 heterocycles. The van der Waals surface area contributed by atoms with Crippen molar-refractivity contribution < 1.29 is 9.53 Å². The van der Waals surface area contributed by atoms with E-state index in [1.54, 1.807) is 13.4 Å². The van der Waals surface area contributed by atoms with Crippen LogP contribution in [0.5, 0.6) is 0 Å². The summed E-state index contributed by atoms with van der Waals surface area (Å²) in [4.78, 5) is 25.6. The van der Waals surface area contributed by atoms with Crippen molar-refractivity contribution in [2.24, 2.45) is 0 Å². The zero-order valence-electron chi connectivity index (χ0n) is 14.3. The summed E-state index contributed by atoms with van der Waals surface area (Å²) in [6.45, 7) is 2.61. The summed E-state index contributed by atoms with van der Waals surface area (Å²) in [6.07, 6.45) is 6.59. The number of imidazole rings is 1. The predicted octanol–water partition coefficient (Wildman–Crippen LogP) is 1.09. The van der Waals surface area contributed by atoms with Crippen LogP contribution in [-0.4, -0.2) is 45.7 Å². The standard InChI is InChI=1S/C17H22N6O2/c1-25-7-6-23-10-18-8-12(23)9-20-16-13-4-5-19-17(24)14(13)21-15(22-16)11-2-3-11/h8,10-11H,2-7,9H2,1H3,(H,19,24)(H,20,21,22). The van der Waals surface area contributed by atoms with Crippen molar-refractivity contribution >= 4 is 11.7 Å². The van der Waals surface area contributed by atoms with Gasteiger partial charge in [0.05, 0.1) is 25.2 Å². The minimum Gasteiger partial charge on any atom is -0.383 e. The highest BCUT2D eigenvalue weighted by atomic mass is 16.5. The molecule has 1 aliphatic carbocycles. The molecule has 2 N–H and O–H groups in total. The molecule has 1 fully saturated rings. The third-order valence-electron chi connectivity index (χ3n) is 4.61. The van der Waals surface area contributed by atoms with Crippen molar-refractivity contribution in [1.29, 1.82) is 0 Å². The van der Waals surface area contributed by atoms with E-state index in [1.165, 1.54) is 0 Å². The molecule has 0 unspecified atom stereocenters. The first-order chi connectivity index (χ1) is 12.3. The molecule has 1 amide bonds. The van der Waals surface area contributed by atoms with Gasteiger partial charge in [0, 0.05) is 37.9 Å². The number of hydrogen-bond donors (Lipinski definition) is 2. The second-order valence-electron chi connectivity index (χ2n) is 6.46. The molecule has 1 aliphatic heterocycles. The summed E-state index contributed by atoms with van der Waals surface area (Å²) in [5.41, 5.74) is 2.49. The first kappa shape index (κ1) is 16.0. The Morgan fingerprint density at radius 2 is 2.28 bits per heavy atom. The van der Waals surface area contributed by atoms with Gasteiger partial charge in [0.25, 0.3) is 5.91 Å². The number of rotatable bonds is 7. The summed E-state index contributed by atoms with van der Waals surface area (Å²) in [5.74, 6) is 1.86. The van der Waals surface area contributed by atoms with E-state index in [-0.39, 0.29) is 5.91 Å². The van der Waals surface area contributed by atoms with E-state index in [9.17, 15) is 4.79 Å². The van der Waals surface area contributed by atoms with Gasteiger partial charge in [0.1, 0.15) is 17.3 Å². The lowest BCUT2D eigenvalue weighted by Gasteiger charge is -2.20. The van der Waals surface area contributed by atoms with Gasteiger partial charge in [-0.25, -0.2) is 15.0 Å². The summed E-state index contributed by atoms with van der Waals surface area (Å²) in [6, 6.07) is 0. The Balaban J connectivity index is 1.57. The monoisotopic (exact) mass is 342 g/mol. The molecule has 25 heavy (non-hydrogen) atoms. The quantitative estimate of drug-likeness (QED) is 0.782. The highest BCUT2D eigenvalue weighted by Gasteiger charge is 2.31. The second kappa shape index (κ2) is 6.79. The van der Waals surface area contributed by atoms with E-state index in [4.69, 9.17) is 9.72 Å². The molecule has 8 nitrogen and oxygen atoms in total. The van der Waals surface area contributed by atoms with Crippen LogP contribution >= 0.6 is 0 Å². The van der Waals surface area contributed by atoms with E-state index in [0.29, 0.717) is 31.3 Å². The number of nitrogens with one attached hydrogen (secondary N) is 2. The normalized spacial score (nSPS) is 16.4. The molecule has 0 aromatic carbocycles. The topological polar surface area (TPSA) is 94.0 Å². The van der Waals surface area contributed by atoms with Crippen LogP contribution in [0.2, 0.25) is 0 Å². The van der Waals surface area contributed by atoms with Gasteiger partial charge in [0.2, 0.25) is 0 Å². The third-order valence-corrected chi connectivity index (χ3v) is 4.61. The van der Waals surface area contributed by atoms with Crippen LogP contribution < -0.4 is 10.6 Å². The van der Waals surface area contributed by atoms with Crippen molar-refractivity contribution in [3.8, 4) is 0 Å². The van der Waals surface area contributed by atoms with Crippen LogP contribution in [0.25, 0.3) is 0 Å². The fourth-order valence-electron chi connectivity index (χ4n) is 3.04. The molecule has 0 atom stereocenters. The predicted molar refractivity (Wildman–Crippen MR) is 91.5 cm³/mol. The number of hydrogen-bond acceptors (Lipinski definition) is 6. The smallest absolute Gasteiger partial charge is 0.270 e. The van der Waals surface area contributed by atoms with Crippen LogP contribution in [0, 0.1) is 0 Å². The molecule has 1 saturated carbocycles. The lowest BCUT2D eigenvalue weighted by molar-refractivity contribution is 0.0940. The molecule has 132 valence electrons. The summed E-state index contributed by atoms with van der Waals surface area (Å²) >= 11 is 0. The number of nitrogens with zero attached hydrogens (tertiary/aromatic N) is 4. The van der Waals surface area contributed by atoms with Crippen LogP contribution in [-0.2, 0) is 24.2 Å². The van der Waals surface area contributed by atoms with E-state index in [0.717, 1.165) is 48.7 Å². The Morgan fingerprint density at radius 3 is 3.08 bits per heavy atom. The Hall–Kier alpha value is -2.48. The number of fused-ring (bicyclic) bond motifs is 1. The van der Waals surface area contributed by atoms with Crippen LogP contribution in [0.3, 0.4) is 0 Å². The van der Waals surface area contributed by atoms with Crippen molar-refractivity contribution in [1.82, 2.24) is 24.8 Å². The number of carbonyl (C=O) groups excluding carboxylic acids is 1. The van der Waals surface area contributed by atoms with Gasteiger partial charge in [-0.15, -0.1) is 0 Å². The van der Waals surface area contributed by atoms with Gasteiger partial charge in [0.15, 0.2) is 0 Å². The zero-order valence-corrected chi connectivity index (χ0v) is 14.3. The second-order valence-corrected chi connectivity index (χ2v) is 6.46. The fourth-order valence-corrected chi connectivity index (χ4v) is 3.04. The van der Waals surface area contributed by atoms with Crippen molar-refractivity contribution in [3.63, 3.8) is 0 Å². The highest BCUT2D eigenvalue weighted by Crippen LogP contribution is 2.39. The molecule has 0 saturated heterocycles. The summed E-state index contributed by atoms with van der Waals surface area (Å²) in [5, 5.41) is 6.27. The lowest BCUT2D eigenvalue weighted by Crippen LogP contribution is -2.34. The number of anilines is 1. The first-order valence-electron chi connectivity index (χ1n) is 8.67. The molecule has 8 heteroatoms. The molecular formula is C17H22N6O2. The average Bonchev–Trinajstić information content (AvgIpc) is 3.38. The minimum atomic E-state index is -0.0984. The molecule has 0 radical (unpaired) electrons. The molecule has 4 rings (SSSR count). The number of methoxy groups -OCH3 is 1. The third kappa shape index (κ3) is 3.34. The van der Waals surface area contributed by atoms with Gasteiger partial charge in [-0.1, -0.05) is 0 Å². The highest BCUT2D eigenvalue weighted by molar-refractivity contribution is 5.96. The fraction of sp³-hybridized carbons (Fsp3) is 0.529. The molecule has 2 aromatic heterocycles. The SMILES string of the molecule is COCCn1cncc1CNc1nc(C2CC2)nc2c1CCNC2=O. The molecule has 0 spiro atoms. The minimum absolute atomic E-state index is 0.0984. The zero-order chi connectivity index (χ0) is 17.2. The molecule has 2 aliphatic rings. The number of ether oxygens (including phenoxy) is 1. The van der Waals surface area contributed by atoms with Gasteiger partial charge < -0.3 is 19.9 Å². The summed E-state index contributed by atoms with van der Waals surface area (Å²) < 4.78 is 7.19. The van der Waals surface area contributed by atoms with Crippen LogP contribution in [0.4, 0.5) is 5.82 Å². The van der Waals surface area contributed by atoms with E-state index in [1.807, 2.05) is 6.20 Å². The number of carbonyl (C=O) groups is 1. The maximum absolute atomic E-state index is 12.2. The Kier molecular flexibility index (Phi) is 4.35. The van der Waals surface area contributed by atoms with E-state index < -0.39 is 0 Å². The van der Waals surface area contributed by atoms with Crippen LogP contribution in [0.1, 0.15) is 46.3 Å². The lowest BCUT2D eigenvalue weighted by atomic mass is 10.1. The molecular weight excluding hydrogens is 320 g/mol. The Morgan fingerprint density at radius 1 is 1.40 bits per heavy atom.